The van der Waals surface area contributed by atoms with Gasteiger partial charge in [-0.15, -0.1) is 0 Å². The highest BCUT2D eigenvalue weighted by Crippen LogP contribution is 2.35. The van der Waals surface area contributed by atoms with E-state index in [-0.39, 0.29) is 5.82 Å². The predicted octanol–water partition coefficient (Wildman–Crippen LogP) is 2.69. The van der Waals surface area contributed by atoms with Gasteiger partial charge in [-0.1, -0.05) is 0 Å². The number of ether oxygens (including phenoxy) is 1. The van der Waals surface area contributed by atoms with E-state index in [1.807, 2.05) is 6.92 Å². The molecule has 3 nitrogen and oxygen atoms in total. The fourth-order valence-electron chi connectivity index (χ4n) is 1.79. The highest BCUT2D eigenvalue weighted by molar-refractivity contribution is 5.47. The Hall–Kier alpha value is -1.30. The van der Waals surface area contributed by atoms with Crippen molar-refractivity contribution in [2.24, 2.45) is 0 Å². The quantitative estimate of drug-likeness (QED) is 0.871. The van der Waals surface area contributed by atoms with E-state index in [1.165, 1.54) is 12.3 Å². The number of halogens is 3. The van der Waals surface area contributed by atoms with E-state index in [1.54, 1.807) is 0 Å². The number of anilines is 1. The van der Waals surface area contributed by atoms with Gasteiger partial charge in [0.1, 0.15) is 5.82 Å². The first-order valence-corrected chi connectivity index (χ1v) is 5.29. The fourth-order valence-corrected chi connectivity index (χ4v) is 1.79. The molecule has 0 radical (unpaired) electrons. The predicted molar refractivity (Wildman–Crippen MR) is 56.7 cm³/mol. The second kappa shape index (κ2) is 4.18. The van der Waals surface area contributed by atoms with Crippen LogP contribution in [-0.2, 0) is 10.9 Å². The van der Waals surface area contributed by atoms with Gasteiger partial charge < -0.3 is 10.1 Å². The SMILES string of the molecule is CC1(Nc2ncccc2C(F)(F)F)CCOC1. The summed E-state index contributed by atoms with van der Waals surface area (Å²) in [5.41, 5.74) is -1.22. The van der Waals surface area contributed by atoms with Crippen LogP contribution in [-0.4, -0.2) is 23.7 Å². The maximum atomic E-state index is 12.7. The Morgan fingerprint density at radius 2 is 2.24 bits per heavy atom. The monoisotopic (exact) mass is 246 g/mol. The van der Waals surface area contributed by atoms with Crippen molar-refractivity contribution in [1.29, 1.82) is 0 Å². The molecule has 1 saturated heterocycles. The fraction of sp³-hybridized carbons (Fsp3) is 0.545. The lowest BCUT2D eigenvalue weighted by atomic mass is 10.0. The van der Waals surface area contributed by atoms with Gasteiger partial charge in [-0.3, -0.25) is 0 Å². The Balaban J connectivity index is 2.26. The van der Waals surface area contributed by atoms with Gasteiger partial charge in [0.25, 0.3) is 0 Å². The van der Waals surface area contributed by atoms with Gasteiger partial charge in [0.15, 0.2) is 0 Å². The van der Waals surface area contributed by atoms with E-state index in [4.69, 9.17) is 4.74 Å². The summed E-state index contributed by atoms with van der Waals surface area (Å²) < 4.78 is 43.4. The van der Waals surface area contributed by atoms with Crippen LogP contribution in [0.15, 0.2) is 18.3 Å². The molecule has 1 fully saturated rings. The van der Waals surface area contributed by atoms with Crippen LogP contribution in [0.5, 0.6) is 0 Å². The molecule has 1 aromatic rings. The van der Waals surface area contributed by atoms with E-state index >= 15 is 0 Å². The average Bonchev–Trinajstić information content (AvgIpc) is 2.64. The molecule has 1 atom stereocenters. The summed E-state index contributed by atoms with van der Waals surface area (Å²) in [4.78, 5) is 3.77. The highest BCUT2D eigenvalue weighted by atomic mass is 19.4. The molecule has 0 aliphatic carbocycles. The molecule has 17 heavy (non-hydrogen) atoms. The third-order valence-electron chi connectivity index (χ3n) is 2.75. The van der Waals surface area contributed by atoms with Crippen molar-refractivity contribution >= 4 is 5.82 Å². The van der Waals surface area contributed by atoms with Crippen molar-refractivity contribution in [3.63, 3.8) is 0 Å². The summed E-state index contributed by atoms with van der Waals surface area (Å²) in [5, 5.41) is 2.84. The smallest absolute Gasteiger partial charge is 0.379 e. The van der Waals surface area contributed by atoms with Crippen molar-refractivity contribution in [1.82, 2.24) is 4.98 Å². The number of rotatable bonds is 2. The van der Waals surface area contributed by atoms with Crippen LogP contribution in [0.3, 0.4) is 0 Å². The molecule has 1 unspecified atom stereocenters. The molecule has 0 bridgehead atoms. The molecule has 6 heteroatoms. The zero-order valence-corrected chi connectivity index (χ0v) is 9.34. The summed E-state index contributed by atoms with van der Waals surface area (Å²) in [7, 11) is 0. The number of hydrogen-bond donors (Lipinski definition) is 1. The normalized spacial score (nSPS) is 24.9. The van der Waals surface area contributed by atoms with E-state index in [0.717, 1.165) is 6.07 Å². The lowest BCUT2D eigenvalue weighted by Crippen LogP contribution is -2.36. The van der Waals surface area contributed by atoms with E-state index in [2.05, 4.69) is 10.3 Å². The summed E-state index contributed by atoms with van der Waals surface area (Å²) in [6.45, 7) is 2.77. The second-order valence-electron chi connectivity index (χ2n) is 4.39. The van der Waals surface area contributed by atoms with Crippen LogP contribution >= 0.6 is 0 Å². The minimum Gasteiger partial charge on any atom is -0.379 e. The van der Waals surface area contributed by atoms with Crippen molar-refractivity contribution in [3.8, 4) is 0 Å². The van der Waals surface area contributed by atoms with Crippen LogP contribution in [0.25, 0.3) is 0 Å². The number of hydrogen-bond acceptors (Lipinski definition) is 3. The Kier molecular flexibility index (Phi) is 2.99. The second-order valence-corrected chi connectivity index (χ2v) is 4.39. The third kappa shape index (κ3) is 2.69. The van der Waals surface area contributed by atoms with Crippen molar-refractivity contribution in [3.05, 3.63) is 23.9 Å². The van der Waals surface area contributed by atoms with Crippen LogP contribution in [0.2, 0.25) is 0 Å². The standard InChI is InChI=1S/C11H13F3N2O/c1-10(4-6-17-7-10)16-9-8(11(12,13)14)3-2-5-15-9/h2-3,5H,4,6-7H2,1H3,(H,15,16). The van der Waals surface area contributed by atoms with Crippen LogP contribution in [0.4, 0.5) is 19.0 Å². The lowest BCUT2D eigenvalue weighted by molar-refractivity contribution is -0.137. The lowest BCUT2D eigenvalue weighted by Gasteiger charge is -2.26. The van der Waals surface area contributed by atoms with Gasteiger partial charge in [-0.05, 0) is 25.5 Å². The molecule has 2 heterocycles. The molecule has 2 rings (SSSR count). The number of alkyl halides is 3. The molecular formula is C11H13F3N2O. The topological polar surface area (TPSA) is 34.2 Å². The molecule has 94 valence electrons. The first-order chi connectivity index (χ1) is 7.91. The maximum Gasteiger partial charge on any atom is 0.419 e. The van der Waals surface area contributed by atoms with Crippen LogP contribution < -0.4 is 5.32 Å². The maximum absolute atomic E-state index is 12.7. The van der Waals surface area contributed by atoms with E-state index in [9.17, 15) is 13.2 Å². The van der Waals surface area contributed by atoms with Gasteiger partial charge in [0, 0.05) is 12.8 Å². The molecule has 1 aliphatic rings. The molecule has 0 saturated carbocycles. The minimum atomic E-state index is -4.40. The zero-order chi connectivity index (χ0) is 12.5. The number of nitrogens with one attached hydrogen (secondary N) is 1. The Bertz CT molecular complexity index is 400. The van der Waals surface area contributed by atoms with Crippen molar-refractivity contribution in [2.45, 2.75) is 25.1 Å². The number of aromatic nitrogens is 1. The molecule has 1 N–H and O–H groups in total. The highest BCUT2D eigenvalue weighted by Gasteiger charge is 2.37. The van der Waals surface area contributed by atoms with Gasteiger partial charge in [0.2, 0.25) is 0 Å². The van der Waals surface area contributed by atoms with Gasteiger partial charge in [-0.2, -0.15) is 13.2 Å². The first-order valence-electron chi connectivity index (χ1n) is 5.29. The van der Waals surface area contributed by atoms with Gasteiger partial charge >= 0.3 is 6.18 Å². The molecule has 0 spiro atoms. The van der Waals surface area contributed by atoms with E-state index in [0.29, 0.717) is 19.6 Å². The van der Waals surface area contributed by atoms with Gasteiger partial charge in [0.05, 0.1) is 17.7 Å². The zero-order valence-electron chi connectivity index (χ0n) is 9.34. The molecule has 0 amide bonds. The van der Waals surface area contributed by atoms with Crippen LogP contribution in [0.1, 0.15) is 18.9 Å². The number of pyridine rings is 1. The minimum absolute atomic E-state index is 0.131. The number of nitrogens with zero attached hydrogens (tertiary/aromatic N) is 1. The molecule has 0 aromatic carbocycles. The first kappa shape index (κ1) is 12.2. The molecule has 1 aromatic heterocycles. The average molecular weight is 246 g/mol. The Morgan fingerprint density at radius 3 is 2.82 bits per heavy atom. The summed E-state index contributed by atoms with van der Waals surface area (Å²) in [5.74, 6) is -0.131. The van der Waals surface area contributed by atoms with Gasteiger partial charge in [-0.25, -0.2) is 4.98 Å². The van der Waals surface area contributed by atoms with E-state index < -0.39 is 17.3 Å². The molecular weight excluding hydrogens is 233 g/mol. The summed E-state index contributed by atoms with van der Waals surface area (Å²) in [6, 6.07) is 2.30. The van der Waals surface area contributed by atoms with Crippen molar-refractivity contribution in [2.75, 3.05) is 18.5 Å². The largest absolute Gasteiger partial charge is 0.419 e. The Labute approximate surface area is 97.0 Å². The summed E-state index contributed by atoms with van der Waals surface area (Å²) >= 11 is 0. The van der Waals surface area contributed by atoms with Crippen molar-refractivity contribution < 1.29 is 17.9 Å². The molecule has 1 aliphatic heterocycles. The van der Waals surface area contributed by atoms with Crippen LogP contribution in [0, 0.1) is 0 Å². The summed E-state index contributed by atoms with van der Waals surface area (Å²) in [6.07, 6.45) is -2.38. The third-order valence-corrected chi connectivity index (χ3v) is 2.75. The Morgan fingerprint density at radius 1 is 1.47 bits per heavy atom.